The molecule has 0 amide bonds. The van der Waals surface area contributed by atoms with Gasteiger partial charge in [-0.25, -0.2) is 14.4 Å². The minimum atomic E-state index is -2.42. The maximum Gasteiger partial charge on any atom is 0.519 e. The fourth-order valence-corrected chi connectivity index (χ4v) is 24.2. The van der Waals surface area contributed by atoms with Crippen molar-refractivity contribution >= 4 is 56.3 Å². The molecule has 7 aromatic rings. The van der Waals surface area contributed by atoms with Gasteiger partial charge in [0.1, 0.15) is 34.5 Å². The van der Waals surface area contributed by atoms with Gasteiger partial charge in [0, 0.05) is 15.7 Å². The Kier molecular flexibility index (Phi) is 20.0. The molecule has 80 heavy (non-hydrogen) atoms. The van der Waals surface area contributed by atoms with E-state index in [9.17, 15) is 14.4 Å². The first kappa shape index (κ1) is 60.9. The molecule has 0 aliphatic heterocycles. The zero-order valence-electron chi connectivity index (χ0n) is 48.3. The molecule has 0 saturated carbocycles. The third-order valence-corrected chi connectivity index (χ3v) is 26.0. The summed E-state index contributed by atoms with van der Waals surface area (Å²) in [6.45, 7) is 25.8. The summed E-state index contributed by atoms with van der Waals surface area (Å²) in [4.78, 5) is 38.9. The summed E-state index contributed by atoms with van der Waals surface area (Å²) in [5, 5.41) is 0. The summed E-state index contributed by atoms with van der Waals surface area (Å²) in [7, 11) is -6.53. The molecule has 0 radical (unpaired) electrons. The number of thiol groups is 1. The summed E-state index contributed by atoms with van der Waals surface area (Å²) in [5.41, 5.74) is 7.68. The van der Waals surface area contributed by atoms with Crippen LogP contribution in [0.1, 0.15) is 85.0 Å². The van der Waals surface area contributed by atoms with Crippen LogP contribution in [0.4, 0.5) is 14.4 Å². The number of ether oxygens (including phenoxy) is 6. The number of hydrogen-bond acceptors (Lipinski definition) is 12. The van der Waals surface area contributed by atoms with Gasteiger partial charge in [0.05, 0.1) is 0 Å². The van der Waals surface area contributed by atoms with Crippen molar-refractivity contribution in [3.05, 3.63) is 208 Å². The maximum absolute atomic E-state index is 13.0. The molecule has 420 valence electrons. The molecule has 15 heteroatoms. The molecular weight excluding hydrogens is 1070 g/mol. The summed E-state index contributed by atoms with van der Waals surface area (Å²) in [6.07, 6.45) is 1.29. The van der Waals surface area contributed by atoms with Crippen molar-refractivity contribution in [3.63, 3.8) is 0 Å². The SMILES string of the molecule is Cc1cc(CCC[Si](C)(C)O[Si](C)(C)O[Si](C)(C)CCCc2ccc(OC(=O)Oc3ccc(C(C)(C)c4ccc(OC(=O)Oc5ccc(C(C)(C)c6ccccc6)cc5)cc4)cc3)c(C)c2)ccc1OC(=O)Oc1ccc(S)cc1. The lowest BCUT2D eigenvalue weighted by Crippen LogP contribution is -2.52. The lowest BCUT2D eigenvalue weighted by atomic mass is 9.78. The van der Waals surface area contributed by atoms with Gasteiger partial charge in [0.2, 0.25) is 0 Å². The zero-order chi connectivity index (χ0) is 57.9. The predicted molar refractivity (Wildman–Crippen MR) is 327 cm³/mol. The van der Waals surface area contributed by atoms with Crippen LogP contribution in [0.2, 0.25) is 51.4 Å². The quantitative estimate of drug-likeness (QED) is 0.0302. The number of hydrogen-bond donors (Lipinski definition) is 1. The molecule has 0 fully saturated rings. The Balaban J connectivity index is 0.806. The van der Waals surface area contributed by atoms with Crippen molar-refractivity contribution in [2.24, 2.45) is 0 Å². The van der Waals surface area contributed by atoms with Gasteiger partial charge < -0.3 is 36.7 Å². The molecule has 0 aromatic heterocycles. The molecule has 0 bridgehead atoms. The second kappa shape index (κ2) is 26.2. The van der Waals surface area contributed by atoms with Crippen LogP contribution in [0.15, 0.2) is 169 Å². The molecule has 11 nitrogen and oxygen atoms in total. The average molecular weight is 1150 g/mol. The number of rotatable bonds is 22. The second-order valence-electron chi connectivity index (χ2n) is 23.1. The van der Waals surface area contributed by atoms with Crippen molar-refractivity contribution in [2.75, 3.05) is 0 Å². The highest BCUT2D eigenvalue weighted by Crippen LogP contribution is 2.36. The summed E-state index contributed by atoms with van der Waals surface area (Å²) < 4.78 is 46.9. The fraction of sp³-hybridized carbons (Fsp3) is 0.308. The molecule has 0 N–H and O–H groups in total. The molecule has 0 aliphatic rings. The van der Waals surface area contributed by atoms with Gasteiger partial charge in [0.15, 0.2) is 16.6 Å². The molecule has 0 saturated heterocycles. The first-order chi connectivity index (χ1) is 37.7. The van der Waals surface area contributed by atoms with Crippen LogP contribution in [0.3, 0.4) is 0 Å². The number of carbonyl (C=O) groups excluding carboxylic acids is 3. The summed E-state index contributed by atoms with van der Waals surface area (Å²) >= 11 is 4.26. The van der Waals surface area contributed by atoms with E-state index in [1.807, 2.05) is 92.7 Å². The number of aryl methyl sites for hydroxylation is 4. The van der Waals surface area contributed by atoms with Gasteiger partial charge in [-0.05, 0) is 208 Å². The highest BCUT2D eigenvalue weighted by molar-refractivity contribution is 7.80. The van der Waals surface area contributed by atoms with E-state index in [0.29, 0.717) is 34.5 Å². The van der Waals surface area contributed by atoms with E-state index in [-0.39, 0.29) is 5.41 Å². The van der Waals surface area contributed by atoms with E-state index >= 15 is 0 Å². The highest BCUT2D eigenvalue weighted by atomic mass is 32.1. The second-order valence-corrected chi connectivity index (χ2v) is 36.1. The predicted octanol–water partition coefficient (Wildman–Crippen LogP) is 17.7. The first-order valence-electron chi connectivity index (χ1n) is 27.2. The van der Waals surface area contributed by atoms with E-state index in [4.69, 9.17) is 36.7 Å². The van der Waals surface area contributed by atoms with Gasteiger partial charge in [0.25, 0.3) is 0 Å². The Morgan fingerprint density at radius 3 is 1.06 bits per heavy atom. The van der Waals surface area contributed by atoms with Crippen molar-refractivity contribution < 1.29 is 51.0 Å². The van der Waals surface area contributed by atoms with E-state index < -0.39 is 49.1 Å². The first-order valence-corrected chi connectivity index (χ1v) is 36.7. The summed E-state index contributed by atoms with van der Waals surface area (Å²) in [5.74, 6) is 2.42. The Labute approximate surface area is 481 Å². The van der Waals surface area contributed by atoms with E-state index in [2.05, 4.69) is 104 Å². The van der Waals surface area contributed by atoms with Crippen molar-refractivity contribution in [2.45, 2.75) is 134 Å². The smallest absolute Gasteiger partial charge is 0.437 e. The largest absolute Gasteiger partial charge is 0.519 e. The lowest BCUT2D eigenvalue weighted by molar-refractivity contribution is 0.150. The van der Waals surface area contributed by atoms with Gasteiger partial charge in [-0.15, -0.1) is 12.6 Å². The van der Waals surface area contributed by atoms with Crippen LogP contribution in [0, 0.1) is 13.8 Å². The highest BCUT2D eigenvalue weighted by Gasteiger charge is 2.39. The standard InChI is InChI=1S/C65H76O11SSi3/c1-46-44-48(18-16-42-78(7,8)75-80(11,12)76-79(9,10)43-17-19-49-23-41-60(47(2)45-49)74-63(68)72-57-36-38-58(77)39-37-57)22-40-59(46)73-62(67)71-56-34-28-53(29-35-56)65(5,6)52-26-32-55(33-27-52)70-61(66)69-54-30-24-51(25-31-54)64(3,4)50-20-14-13-15-21-50/h13-15,20-41,44-45,77H,16-19,42-43H2,1-12H3. The van der Waals surface area contributed by atoms with Crippen LogP contribution < -0.4 is 28.4 Å². The third kappa shape index (κ3) is 17.6. The van der Waals surface area contributed by atoms with Crippen molar-refractivity contribution in [3.8, 4) is 34.5 Å². The van der Waals surface area contributed by atoms with Crippen LogP contribution >= 0.6 is 12.6 Å². The van der Waals surface area contributed by atoms with Crippen molar-refractivity contribution in [1.82, 2.24) is 0 Å². The van der Waals surface area contributed by atoms with Crippen LogP contribution in [-0.4, -0.2) is 43.7 Å². The molecule has 7 rings (SSSR count). The minimum absolute atomic E-state index is 0.214. The Morgan fingerprint density at radius 1 is 0.412 bits per heavy atom. The normalized spacial score (nSPS) is 12.1. The average Bonchev–Trinajstić information content (AvgIpc) is 3.38. The number of benzene rings is 7. The van der Waals surface area contributed by atoms with Gasteiger partial charge in [-0.3, -0.25) is 0 Å². The minimum Gasteiger partial charge on any atom is -0.437 e. The van der Waals surface area contributed by atoms with Gasteiger partial charge in [-0.2, -0.15) is 0 Å². The third-order valence-electron chi connectivity index (χ3n) is 14.3. The van der Waals surface area contributed by atoms with Gasteiger partial charge in [-0.1, -0.05) is 119 Å². The maximum atomic E-state index is 13.0. The van der Waals surface area contributed by atoms with Crippen molar-refractivity contribution in [1.29, 1.82) is 0 Å². The fourth-order valence-electron chi connectivity index (χ4n) is 10.0. The monoisotopic (exact) mass is 1150 g/mol. The number of carbonyl (C=O) groups is 3. The van der Waals surface area contributed by atoms with E-state index in [0.717, 1.165) is 76.0 Å². The molecule has 0 spiro atoms. The molecule has 0 unspecified atom stereocenters. The zero-order valence-corrected chi connectivity index (χ0v) is 52.2. The lowest BCUT2D eigenvalue weighted by Gasteiger charge is -2.39. The molecule has 0 aliphatic carbocycles. The molecule has 0 atom stereocenters. The Morgan fingerprint density at radius 2 is 0.725 bits per heavy atom. The topological polar surface area (TPSA) is 125 Å². The van der Waals surface area contributed by atoms with Crippen LogP contribution in [-0.2, 0) is 31.9 Å². The van der Waals surface area contributed by atoms with Crippen LogP contribution in [0.25, 0.3) is 0 Å². The Bertz CT molecular complexity index is 3210. The molecule has 0 heterocycles. The summed E-state index contributed by atoms with van der Waals surface area (Å²) in [6, 6.07) is 53.0. The molecular formula is C65H76O11SSi3. The van der Waals surface area contributed by atoms with E-state index in [1.54, 1.807) is 60.7 Å². The van der Waals surface area contributed by atoms with Gasteiger partial charge >= 0.3 is 27.0 Å². The Hall–Kier alpha value is -6.73. The van der Waals surface area contributed by atoms with E-state index in [1.165, 1.54) is 11.1 Å². The van der Waals surface area contributed by atoms with Crippen LogP contribution in [0.5, 0.6) is 34.5 Å². The molecule has 7 aromatic carbocycles.